The summed E-state index contributed by atoms with van der Waals surface area (Å²) in [6.07, 6.45) is 1.93. The lowest BCUT2D eigenvalue weighted by Crippen LogP contribution is -2.20. The average molecular weight is 230 g/mol. The molecule has 0 aliphatic carbocycles. The fraction of sp³-hybridized carbons (Fsp3) is 0.231. The van der Waals surface area contributed by atoms with E-state index in [0.29, 0.717) is 13.0 Å². The Labute approximate surface area is 100 Å². The van der Waals surface area contributed by atoms with Gasteiger partial charge in [-0.25, -0.2) is 0 Å². The second-order valence-electron chi connectivity index (χ2n) is 3.37. The number of carbonyl (C=O) groups excluding carboxylic acids is 1. The maximum Gasteiger partial charge on any atom is 0.216 e. The van der Waals surface area contributed by atoms with Crippen molar-refractivity contribution in [1.29, 1.82) is 0 Å². The van der Waals surface area contributed by atoms with Crippen LogP contribution >= 0.6 is 0 Å². The van der Waals surface area contributed by atoms with Gasteiger partial charge in [0.2, 0.25) is 5.91 Å². The summed E-state index contributed by atoms with van der Waals surface area (Å²) in [5, 5.41) is 14.1. The Morgan fingerprint density at radius 2 is 2.29 bits per heavy atom. The van der Waals surface area contributed by atoms with Crippen LogP contribution < -0.4 is 5.32 Å². The number of hydrogen-bond acceptors (Lipinski definition) is 3. The van der Waals surface area contributed by atoms with E-state index in [4.69, 9.17) is 5.21 Å². The summed E-state index contributed by atoms with van der Waals surface area (Å²) >= 11 is 0. The second-order valence-corrected chi connectivity index (χ2v) is 3.37. The van der Waals surface area contributed by atoms with Crippen molar-refractivity contribution in [2.75, 3.05) is 6.54 Å². The van der Waals surface area contributed by atoms with Crippen LogP contribution in [0.2, 0.25) is 0 Å². The first-order valence-electron chi connectivity index (χ1n) is 5.24. The van der Waals surface area contributed by atoms with Crippen LogP contribution in [-0.2, 0) is 4.79 Å². The highest BCUT2D eigenvalue weighted by molar-refractivity contribution is 5.83. The lowest BCUT2D eigenvalue weighted by atomic mass is 10.1. The Morgan fingerprint density at radius 3 is 3.00 bits per heavy atom. The van der Waals surface area contributed by atoms with E-state index in [2.05, 4.69) is 22.3 Å². The van der Waals surface area contributed by atoms with Gasteiger partial charge in [-0.3, -0.25) is 4.79 Å². The molecule has 0 saturated carbocycles. The van der Waals surface area contributed by atoms with Gasteiger partial charge in [0.15, 0.2) is 0 Å². The Kier molecular flexibility index (Phi) is 5.32. The monoisotopic (exact) mass is 230 g/mol. The van der Waals surface area contributed by atoms with Crippen LogP contribution in [0.1, 0.15) is 24.5 Å². The van der Waals surface area contributed by atoms with Crippen LogP contribution in [0.4, 0.5) is 0 Å². The van der Waals surface area contributed by atoms with Crippen LogP contribution in [0.25, 0.3) is 0 Å². The molecule has 4 nitrogen and oxygen atoms in total. The standard InChI is InChI=1S/C13H14N2O2/c1-11(16)14-9-5-4-7-12-6-2-3-8-13(12)10-15-17/h2-3,6,8,10,17H,5,9H2,1H3,(H,14,16). The van der Waals surface area contributed by atoms with Gasteiger partial charge in [0.25, 0.3) is 0 Å². The van der Waals surface area contributed by atoms with Crippen LogP contribution in [0.5, 0.6) is 0 Å². The van der Waals surface area contributed by atoms with Crippen molar-refractivity contribution in [3.8, 4) is 11.8 Å². The third-order valence-electron chi connectivity index (χ3n) is 2.00. The van der Waals surface area contributed by atoms with Gasteiger partial charge in [-0.05, 0) is 6.07 Å². The molecule has 0 aliphatic rings. The molecule has 1 aromatic carbocycles. The maximum absolute atomic E-state index is 10.6. The molecule has 0 saturated heterocycles. The molecule has 1 rings (SSSR count). The highest BCUT2D eigenvalue weighted by Crippen LogP contribution is 2.04. The lowest BCUT2D eigenvalue weighted by molar-refractivity contribution is -0.118. The number of rotatable bonds is 3. The third-order valence-corrected chi connectivity index (χ3v) is 2.00. The molecule has 2 N–H and O–H groups in total. The first-order chi connectivity index (χ1) is 8.24. The molecule has 0 heterocycles. The lowest BCUT2D eigenvalue weighted by Gasteiger charge is -1.97. The van der Waals surface area contributed by atoms with Gasteiger partial charge in [0.1, 0.15) is 0 Å². The molecule has 0 atom stereocenters. The predicted molar refractivity (Wildman–Crippen MR) is 66.0 cm³/mol. The van der Waals surface area contributed by atoms with E-state index in [1.54, 1.807) is 0 Å². The van der Waals surface area contributed by atoms with E-state index in [-0.39, 0.29) is 5.91 Å². The number of hydrogen-bond donors (Lipinski definition) is 2. The fourth-order valence-electron chi connectivity index (χ4n) is 1.24. The molecule has 4 heteroatoms. The van der Waals surface area contributed by atoms with Crippen molar-refractivity contribution in [3.63, 3.8) is 0 Å². The number of nitrogens with one attached hydrogen (secondary N) is 1. The van der Waals surface area contributed by atoms with Crippen molar-refractivity contribution in [3.05, 3.63) is 35.4 Å². The molecule has 0 radical (unpaired) electrons. The highest BCUT2D eigenvalue weighted by Gasteiger charge is 1.94. The Bertz CT molecular complexity index is 470. The van der Waals surface area contributed by atoms with Crippen molar-refractivity contribution >= 4 is 12.1 Å². The largest absolute Gasteiger partial charge is 0.411 e. The van der Waals surface area contributed by atoms with Crippen molar-refractivity contribution in [1.82, 2.24) is 5.32 Å². The molecular weight excluding hydrogens is 216 g/mol. The van der Waals surface area contributed by atoms with E-state index in [9.17, 15) is 4.79 Å². The van der Waals surface area contributed by atoms with Crippen molar-refractivity contribution in [2.24, 2.45) is 5.16 Å². The molecule has 1 amide bonds. The summed E-state index contributed by atoms with van der Waals surface area (Å²) in [5.74, 6) is 5.86. The molecule has 0 aromatic heterocycles. The molecule has 0 spiro atoms. The zero-order valence-electron chi connectivity index (χ0n) is 9.60. The molecule has 0 unspecified atom stereocenters. The SMILES string of the molecule is CC(=O)NCCC#Cc1ccccc1C=NO. The highest BCUT2D eigenvalue weighted by atomic mass is 16.4. The second kappa shape index (κ2) is 7.07. The topological polar surface area (TPSA) is 61.7 Å². The Morgan fingerprint density at radius 1 is 1.53 bits per heavy atom. The zero-order chi connectivity index (χ0) is 12.5. The Balaban J connectivity index is 2.62. The van der Waals surface area contributed by atoms with Crippen LogP contribution in [-0.4, -0.2) is 23.9 Å². The molecular formula is C13H14N2O2. The normalized spacial score (nSPS) is 9.71. The zero-order valence-corrected chi connectivity index (χ0v) is 9.60. The van der Waals surface area contributed by atoms with E-state index < -0.39 is 0 Å². The summed E-state index contributed by atoms with van der Waals surface area (Å²) in [6, 6.07) is 7.38. The minimum absolute atomic E-state index is 0.0559. The number of amides is 1. The number of oxime groups is 1. The number of benzene rings is 1. The van der Waals surface area contributed by atoms with Crippen molar-refractivity contribution < 1.29 is 10.0 Å². The van der Waals surface area contributed by atoms with Crippen LogP contribution in [0.15, 0.2) is 29.4 Å². The quantitative estimate of drug-likeness (QED) is 0.271. The summed E-state index contributed by atoms with van der Waals surface area (Å²) in [7, 11) is 0. The van der Waals surface area contributed by atoms with Gasteiger partial charge < -0.3 is 10.5 Å². The van der Waals surface area contributed by atoms with Gasteiger partial charge in [0, 0.05) is 31.0 Å². The summed E-state index contributed by atoms with van der Waals surface area (Å²) in [6.45, 7) is 2.01. The average Bonchev–Trinajstić information content (AvgIpc) is 2.31. The van der Waals surface area contributed by atoms with Gasteiger partial charge in [-0.2, -0.15) is 0 Å². The maximum atomic E-state index is 10.6. The Hall–Kier alpha value is -2.28. The number of nitrogens with zero attached hydrogens (tertiary/aromatic N) is 1. The summed E-state index contributed by atoms with van der Waals surface area (Å²) in [5.41, 5.74) is 1.56. The van der Waals surface area contributed by atoms with Gasteiger partial charge in [-0.1, -0.05) is 35.2 Å². The van der Waals surface area contributed by atoms with E-state index in [0.717, 1.165) is 11.1 Å². The summed E-state index contributed by atoms with van der Waals surface area (Å²) in [4.78, 5) is 10.6. The van der Waals surface area contributed by atoms with Gasteiger partial charge in [0.05, 0.1) is 6.21 Å². The minimum Gasteiger partial charge on any atom is -0.411 e. The molecule has 0 bridgehead atoms. The van der Waals surface area contributed by atoms with E-state index >= 15 is 0 Å². The van der Waals surface area contributed by atoms with Crippen LogP contribution in [0.3, 0.4) is 0 Å². The minimum atomic E-state index is -0.0559. The van der Waals surface area contributed by atoms with Gasteiger partial charge >= 0.3 is 0 Å². The fourth-order valence-corrected chi connectivity index (χ4v) is 1.24. The van der Waals surface area contributed by atoms with Gasteiger partial charge in [-0.15, -0.1) is 0 Å². The molecule has 1 aromatic rings. The number of carbonyl (C=O) groups is 1. The molecule has 88 valence electrons. The first-order valence-corrected chi connectivity index (χ1v) is 5.24. The van der Waals surface area contributed by atoms with Crippen LogP contribution in [0, 0.1) is 11.8 Å². The van der Waals surface area contributed by atoms with E-state index in [1.807, 2.05) is 24.3 Å². The van der Waals surface area contributed by atoms with E-state index in [1.165, 1.54) is 13.1 Å². The smallest absolute Gasteiger partial charge is 0.216 e. The first kappa shape index (κ1) is 12.8. The third kappa shape index (κ3) is 4.85. The predicted octanol–water partition coefficient (Wildman–Crippen LogP) is 1.37. The van der Waals surface area contributed by atoms with Crippen molar-refractivity contribution in [2.45, 2.75) is 13.3 Å². The molecule has 17 heavy (non-hydrogen) atoms. The molecule has 0 aliphatic heterocycles. The molecule has 0 fully saturated rings. The summed E-state index contributed by atoms with van der Waals surface area (Å²) < 4.78 is 0.